The molecule has 0 nitrogen and oxygen atoms in total. The van der Waals surface area contributed by atoms with E-state index < -0.39 is 0 Å². The second-order valence-corrected chi connectivity index (χ2v) is 8.05. The molecule has 0 unspecified atom stereocenters. The quantitative estimate of drug-likeness (QED) is 0.703. The van der Waals surface area contributed by atoms with Gasteiger partial charge in [0.15, 0.2) is 0 Å². The normalized spacial score (nSPS) is 10.1. The van der Waals surface area contributed by atoms with Gasteiger partial charge in [0.25, 0.3) is 0 Å². The van der Waals surface area contributed by atoms with Crippen LogP contribution in [0.5, 0.6) is 0 Å². The number of hydrogen-bond donors (Lipinski definition) is 0. The molecule has 2 rings (SSSR count). The van der Waals surface area contributed by atoms with Gasteiger partial charge in [0.1, 0.15) is 0 Å². The van der Waals surface area contributed by atoms with E-state index in [9.17, 15) is 0 Å². The fourth-order valence-corrected chi connectivity index (χ4v) is 4.48. The second kappa shape index (κ2) is 3.79. The average Bonchev–Trinajstić information content (AvgIpc) is 2.54. The summed E-state index contributed by atoms with van der Waals surface area (Å²) in [7, 11) is 0. The molecule has 0 spiro atoms. The monoisotopic (exact) mass is 336 g/mol. The molecule has 12 heavy (non-hydrogen) atoms. The molecule has 0 bridgehead atoms. The predicted molar refractivity (Wildman–Crippen MR) is 56.5 cm³/mol. The Hall–Kier alpha value is -0.0304. The third-order valence-electron chi connectivity index (χ3n) is 1.63. The zero-order chi connectivity index (χ0) is 8.39. The fraction of sp³-hybridized carbons (Fsp3) is 0. The Kier molecular flexibility index (Phi) is 2.70. The van der Waals surface area contributed by atoms with E-state index in [1.165, 1.54) is 11.6 Å². The van der Waals surface area contributed by atoms with Crippen molar-refractivity contribution in [2.75, 3.05) is 0 Å². The van der Waals surface area contributed by atoms with Crippen molar-refractivity contribution in [3.63, 3.8) is 0 Å². The third-order valence-corrected chi connectivity index (χ3v) is 5.62. The summed E-state index contributed by atoms with van der Waals surface area (Å²) >= 11 is 3.44. The fourth-order valence-electron chi connectivity index (χ4n) is 1.07. The van der Waals surface area contributed by atoms with Crippen molar-refractivity contribution < 1.29 is 0 Å². The zero-order valence-corrected chi connectivity index (χ0v) is 10.2. The van der Waals surface area contributed by atoms with Gasteiger partial charge in [-0.2, -0.15) is 0 Å². The van der Waals surface area contributed by atoms with E-state index >= 15 is 0 Å². The summed E-state index contributed by atoms with van der Waals surface area (Å²) in [5.41, 5.74) is 1.38. The Balaban J connectivity index is 2.45. The van der Waals surface area contributed by atoms with E-state index in [0.717, 1.165) is 0 Å². The van der Waals surface area contributed by atoms with Crippen LogP contribution in [-0.4, -0.2) is 20.4 Å². The van der Waals surface area contributed by atoms with Crippen molar-refractivity contribution in [3.05, 3.63) is 45.0 Å². The van der Waals surface area contributed by atoms with Gasteiger partial charge < -0.3 is 0 Å². The van der Waals surface area contributed by atoms with Crippen molar-refractivity contribution in [3.8, 4) is 9.14 Å². The summed E-state index contributed by atoms with van der Waals surface area (Å²) in [6.07, 6.45) is 0. The molecule has 2 aromatic rings. The predicted octanol–water partition coefficient (Wildman–Crippen LogP) is 3.17. The van der Waals surface area contributed by atoms with Crippen LogP contribution in [0.2, 0.25) is 0 Å². The van der Waals surface area contributed by atoms with Gasteiger partial charge in [0, 0.05) is 0 Å². The number of rotatable bonds is 1. The van der Waals surface area contributed by atoms with Gasteiger partial charge >= 0.3 is 90.5 Å². The van der Waals surface area contributed by atoms with Gasteiger partial charge in [-0.05, 0) is 0 Å². The molecule has 0 aliphatic heterocycles. The molecule has 0 aliphatic carbocycles. The number of benzene rings is 1. The average molecular weight is 335 g/mol. The first kappa shape index (κ1) is 8.56. The summed E-state index contributed by atoms with van der Waals surface area (Å²) in [6, 6.07) is 15.0. The van der Waals surface area contributed by atoms with Gasteiger partial charge in [0.2, 0.25) is 0 Å². The van der Waals surface area contributed by atoms with Gasteiger partial charge in [-0.1, -0.05) is 0 Å². The molecule has 0 amide bonds. The van der Waals surface area contributed by atoms with Crippen LogP contribution in [0.25, 0.3) is 9.14 Å². The van der Waals surface area contributed by atoms with Gasteiger partial charge in [-0.25, -0.2) is 0 Å². The second-order valence-electron chi connectivity index (χ2n) is 2.47. The summed E-state index contributed by atoms with van der Waals surface area (Å²) in [4.78, 5) is 0. The van der Waals surface area contributed by atoms with Crippen molar-refractivity contribution in [1.82, 2.24) is 0 Å². The zero-order valence-electron chi connectivity index (χ0n) is 6.33. The molecule has 0 radical (unpaired) electrons. The van der Waals surface area contributed by atoms with Crippen LogP contribution in [0, 0.1) is 0 Å². The SMILES string of the molecule is Brc1ccc(-c2ccccc2)[te]1. The molecular formula is C10H7BrTe. The van der Waals surface area contributed by atoms with Crippen molar-refractivity contribution >= 4 is 36.4 Å². The summed E-state index contributed by atoms with van der Waals surface area (Å²) in [5, 5.41) is 0. The van der Waals surface area contributed by atoms with Crippen LogP contribution >= 0.6 is 15.9 Å². The first-order valence-corrected chi connectivity index (χ1v) is 6.79. The Morgan fingerprint density at radius 3 is 2.25 bits per heavy atom. The van der Waals surface area contributed by atoms with Crippen molar-refractivity contribution in [1.29, 1.82) is 0 Å². The number of hydrogen-bond acceptors (Lipinski definition) is 0. The summed E-state index contributed by atoms with van der Waals surface area (Å²) < 4.78 is 2.92. The van der Waals surface area contributed by atoms with E-state index in [4.69, 9.17) is 0 Å². The Morgan fingerprint density at radius 2 is 1.67 bits per heavy atom. The van der Waals surface area contributed by atoms with Crippen LogP contribution in [0.1, 0.15) is 0 Å². The number of halogens is 1. The van der Waals surface area contributed by atoms with E-state index in [-0.39, 0.29) is 20.4 Å². The van der Waals surface area contributed by atoms with Gasteiger partial charge in [-0.3, -0.25) is 0 Å². The topological polar surface area (TPSA) is 0 Å². The van der Waals surface area contributed by atoms with E-state index in [2.05, 4.69) is 58.4 Å². The van der Waals surface area contributed by atoms with Crippen LogP contribution < -0.4 is 0 Å². The molecule has 0 aliphatic rings. The molecule has 1 heterocycles. The Labute approximate surface area is 90.0 Å². The van der Waals surface area contributed by atoms with Gasteiger partial charge in [0.05, 0.1) is 0 Å². The molecule has 0 atom stereocenters. The standard InChI is InChI=1S/C10H7BrTe/c11-10-7-6-9(12-10)8-4-2-1-3-5-8/h1-7H. The molecule has 0 saturated carbocycles. The maximum absolute atomic E-state index is 3.54. The van der Waals surface area contributed by atoms with E-state index in [1.807, 2.05) is 0 Å². The minimum atomic E-state index is -0.100. The van der Waals surface area contributed by atoms with Crippen molar-refractivity contribution in [2.45, 2.75) is 0 Å². The van der Waals surface area contributed by atoms with E-state index in [0.29, 0.717) is 0 Å². The molecule has 2 heteroatoms. The molecule has 60 valence electrons. The molecule has 0 N–H and O–H groups in total. The van der Waals surface area contributed by atoms with Crippen molar-refractivity contribution in [2.24, 2.45) is 0 Å². The summed E-state index contributed by atoms with van der Waals surface area (Å²) in [5.74, 6) is 0. The molecule has 1 aromatic heterocycles. The van der Waals surface area contributed by atoms with Crippen LogP contribution in [0.15, 0.2) is 45.0 Å². The Bertz CT molecular complexity index is 364. The van der Waals surface area contributed by atoms with Crippen LogP contribution in [0.3, 0.4) is 0 Å². The minimum absolute atomic E-state index is 0.100. The maximum atomic E-state index is 3.54. The first-order chi connectivity index (χ1) is 5.86. The molecular weight excluding hydrogens is 328 g/mol. The van der Waals surface area contributed by atoms with Gasteiger partial charge in [-0.15, -0.1) is 0 Å². The van der Waals surface area contributed by atoms with Crippen LogP contribution in [0.4, 0.5) is 0 Å². The third kappa shape index (κ3) is 1.82. The molecule has 0 saturated heterocycles. The van der Waals surface area contributed by atoms with E-state index in [1.54, 1.807) is 0 Å². The molecule has 0 fully saturated rings. The molecule has 1 aromatic carbocycles. The summed E-state index contributed by atoms with van der Waals surface area (Å²) in [6.45, 7) is 0. The Morgan fingerprint density at radius 1 is 0.917 bits per heavy atom. The first-order valence-electron chi connectivity index (χ1n) is 3.67. The van der Waals surface area contributed by atoms with Crippen LogP contribution in [-0.2, 0) is 0 Å².